The number of hydrogen-bond acceptors (Lipinski definition) is 2. The molecule has 3 rings (SSSR count). The molecule has 1 aromatic rings. The van der Waals surface area contributed by atoms with Crippen LogP contribution in [0.25, 0.3) is 0 Å². The molecule has 1 saturated carbocycles. The molecule has 3 N–H and O–H groups in total. The molecule has 0 amide bonds. The van der Waals surface area contributed by atoms with Crippen LogP contribution in [0, 0.1) is 5.41 Å². The highest BCUT2D eigenvalue weighted by atomic mass is 16.3. The lowest BCUT2D eigenvalue weighted by atomic mass is 10.00. The monoisotopic (exact) mass is 259 g/mol. The molecule has 4 nitrogen and oxygen atoms in total. The molecule has 1 aliphatic heterocycles. The van der Waals surface area contributed by atoms with E-state index in [-0.39, 0.29) is 12.0 Å². The zero-order valence-electron chi connectivity index (χ0n) is 11.1. The Hall–Kier alpha value is -1.55. The molecule has 0 aromatic heterocycles. The first-order valence-corrected chi connectivity index (χ1v) is 6.96. The van der Waals surface area contributed by atoms with E-state index in [1.807, 2.05) is 18.2 Å². The van der Waals surface area contributed by atoms with Gasteiger partial charge in [0.25, 0.3) is 0 Å². The molecule has 2 atom stereocenters. The largest absolute Gasteiger partial charge is 0.396 e. The van der Waals surface area contributed by atoms with Crippen molar-refractivity contribution in [1.82, 2.24) is 4.90 Å². The lowest BCUT2D eigenvalue weighted by Crippen LogP contribution is -2.46. The molecule has 2 fully saturated rings. The fourth-order valence-electron chi connectivity index (χ4n) is 2.79. The molecule has 1 saturated heterocycles. The summed E-state index contributed by atoms with van der Waals surface area (Å²) in [4.78, 5) is 6.58. The van der Waals surface area contributed by atoms with Crippen molar-refractivity contribution in [3.05, 3.63) is 35.9 Å². The molecule has 2 aliphatic rings. The second-order valence-corrected chi connectivity index (χ2v) is 5.70. The van der Waals surface area contributed by atoms with Crippen LogP contribution < -0.4 is 5.73 Å². The summed E-state index contributed by atoms with van der Waals surface area (Å²) >= 11 is 0. The van der Waals surface area contributed by atoms with E-state index in [1.165, 1.54) is 12.0 Å². The van der Waals surface area contributed by atoms with Crippen LogP contribution in [0.3, 0.4) is 0 Å². The summed E-state index contributed by atoms with van der Waals surface area (Å²) in [5.74, 6) is 1.06. The number of guanidine groups is 1. The number of rotatable bonds is 4. The van der Waals surface area contributed by atoms with Gasteiger partial charge in [-0.15, -0.1) is 0 Å². The summed E-state index contributed by atoms with van der Waals surface area (Å²) in [6, 6.07) is 10.4. The molecule has 0 spiro atoms. The molecule has 1 aromatic carbocycles. The third kappa shape index (κ3) is 2.32. The van der Waals surface area contributed by atoms with Crippen LogP contribution >= 0.6 is 0 Å². The highest BCUT2D eigenvalue weighted by Gasteiger charge is 2.54. The maximum absolute atomic E-state index is 9.69. The second kappa shape index (κ2) is 4.85. The van der Waals surface area contributed by atoms with E-state index < -0.39 is 0 Å². The first-order chi connectivity index (χ1) is 9.25. The SMILES string of the molecule is NC(=NCC1(CO)CC1c1ccccc1)N1CCC1. The molecule has 102 valence electrons. The third-order valence-corrected chi connectivity index (χ3v) is 4.44. The summed E-state index contributed by atoms with van der Waals surface area (Å²) in [6.07, 6.45) is 2.21. The quantitative estimate of drug-likeness (QED) is 0.630. The standard InChI is InChI=1S/C15H21N3O/c16-14(18-7-4-8-18)17-10-15(11-19)9-13(15)12-5-2-1-3-6-12/h1-3,5-6,13,19H,4,7-11H2,(H2,16,17). The van der Waals surface area contributed by atoms with Crippen LogP contribution in [0.5, 0.6) is 0 Å². The molecule has 0 radical (unpaired) electrons. The highest BCUT2D eigenvalue weighted by molar-refractivity contribution is 5.78. The van der Waals surface area contributed by atoms with E-state index in [4.69, 9.17) is 5.73 Å². The second-order valence-electron chi connectivity index (χ2n) is 5.70. The Labute approximate surface area is 113 Å². The molecule has 1 aliphatic carbocycles. The van der Waals surface area contributed by atoms with Crippen molar-refractivity contribution in [2.75, 3.05) is 26.2 Å². The van der Waals surface area contributed by atoms with Crippen molar-refractivity contribution in [3.8, 4) is 0 Å². The molecule has 1 heterocycles. The lowest BCUT2D eigenvalue weighted by molar-refractivity contribution is 0.211. The van der Waals surface area contributed by atoms with Gasteiger partial charge >= 0.3 is 0 Å². The summed E-state index contributed by atoms with van der Waals surface area (Å²) in [7, 11) is 0. The van der Waals surface area contributed by atoms with Crippen molar-refractivity contribution >= 4 is 5.96 Å². The van der Waals surface area contributed by atoms with Crippen LogP contribution in [-0.2, 0) is 0 Å². The van der Waals surface area contributed by atoms with Gasteiger partial charge in [-0.05, 0) is 24.3 Å². The van der Waals surface area contributed by atoms with Crippen LogP contribution in [0.1, 0.15) is 24.3 Å². The molecular formula is C15H21N3O. The van der Waals surface area contributed by atoms with E-state index in [0.29, 0.717) is 18.4 Å². The predicted octanol–water partition coefficient (Wildman–Crippen LogP) is 1.17. The summed E-state index contributed by atoms with van der Waals surface area (Å²) < 4.78 is 0. The summed E-state index contributed by atoms with van der Waals surface area (Å²) in [5, 5.41) is 9.69. The normalized spacial score (nSPS) is 30.1. The van der Waals surface area contributed by atoms with Gasteiger partial charge in [0.1, 0.15) is 0 Å². The average Bonchev–Trinajstić information content (AvgIpc) is 3.11. The van der Waals surface area contributed by atoms with Crippen molar-refractivity contribution in [2.45, 2.75) is 18.8 Å². The number of benzene rings is 1. The zero-order chi connectivity index (χ0) is 13.3. The zero-order valence-corrected chi connectivity index (χ0v) is 11.1. The van der Waals surface area contributed by atoms with Gasteiger partial charge in [-0.3, -0.25) is 4.99 Å². The maximum atomic E-state index is 9.69. The molecule has 2 unspecified atom stereocenters. The maximum Gasteiger partial charge on any atom is 0.191 e. The van der Waals surface area contributed by atoms with Gasteiger partial charge in [0.2, 0.25) is 0 Å². The van der Waals surface area contributed by atoms with E-state index in [2.05, 4.69) is 22.0 Å². The number of aliphatic hydroxyl groups is 1. The fraction of sp³-hybridized carbons (Fsp3) is 0.533. The minimum Gasteiger partial charge on any atom is -0.396 e. The van der Waals surface area contributed by atoms with E-state index in [9.17, 15) is 5.11 Å². The predicted molar refractivity (Wildman–Crippen MR) is 76.0 cm³/mol. The Morgan fingerprint density at radius 2 is 2.11 bits per heavy atom. The smallest absolute Gasteiger partial charge is 0.191 e. The Morgan fingerprint density at radius 3 is 2.68 bits per heavy atom. The van der Waals surface area contributed by atoms with Gasteiger partial charge in [0.15, 0.2) is 5.96 Å². The third-order valence-electron chi connectivity index (χ3n) is 4.44. The first-order valence-electron chi connectivity index (χ1n) is 6.96. The minimum absolute atomic E-state index is 0.0865. The number of hydrogen-bond donors (Lipinski definition) is 2. The average molecular weight is 259 g/mol. The van der Waals surface area contributed by atoms with Crippen LogP contribution in [0.15, 0.2) is 35.3 Å². The Bertz CT molecular complexity index is 470. The number of likely N-dealkylation sites (tertiary alicyclic amines) is 1. The van der Waals surface area contributed by atoms with Gasteiger partial charge in [0, 0.05) is 18.5 Å². The van der Waals surface area contributed by atoms with Crippen molar-refractivity contribution < 1.29 is 5.11 Å². The van der Waals surface area contributed by atoms with E-state index in [1.54, 1.807) is 0 Å². The molecule has 19 heavy (non-hydrogen) atoms. The van der Waals surface area contributed by atoms with Gasteiger partial charge in [-0.25, -0.2) is 0 Å². The Kier molecular flexibility index (Phi) is 3.19. The van der Waals surface area contributed by atoms with Crippen molar-refractivity contribution in [2.24, 2.45) is 16.1 Å². The van der Waals surface area contributed by atoms with Gasteiger partial charge < -0.3 is 15.7 Å². The van der Waals surface area contributed by atoms with Crippen molar-refractivity contribution in [1.29, 1.82) is 0 Å². The van der Waals surface area contributed by atoms with E-state index in [0.717, 1.165) is 19.5 Å². The molecular weight excluding hydrogens is 238 g/mol. The summed E-state index contributed by atoms with van der Waals surface area (Å²) in [5.41, 5.74) is 7.16. The lowest BCUT2D eigenvalue weighted by Gasteiger charge is -2.32. The van der Waals surface area contributed by atoms with Crippen LogP contribution in [0.4, 0.5) is 0 Å². The summed E-state index contributed by atoms with van der Waals surface area (Å²) in [6.45, 7) is 2.85. The highest BCUT2D eigenvalue weighted by Crippen LogP contribution is 2.59. The number of nitrogens with zero attached hydrogens (tertiary/aromatic N) is 2. The molecule has 0 bridgehead atoms. The number of aliphatic imine (C=N–C) groups is 1. The Balaban J connectivity index is 1.66. The van der Waals surface area contributed by atoms with Gasteiger partial charge in [-0.1, -0.05) is 30.3 Å². The van der Waals surface area contributed by atoms with Crippen LogP contribution in [-0.4, -0.2) is 42.2 Å². The minimum atomic E-state index is -0.0865. The van der Waals surface area contributed by atoms with Crippen LogP contribution in [0.2, 0.25) is 0 Å². The first kappa shape index (κ1) is 12.5. The van der Waals surface area contributed by atoms with Crippen molar-refractivity contribution in [3.63, 3.8) is 0 Å². The Morgan fingerprint density at radius 1 is 1.37 bits per heavy atom. The number of nitrogens with two attached hydrogens (primary N) is 1. The number of aliphatic hydroxyl groups excluding tert-OH is 1. The fourth-order valence-corrected chi connectivity index (χ4v) is 2.79. The topological polar surface area (TPSA) is 61.9 Å². The van der Waals surface area contributed by atoms with Gasteiger partial charge in [-0.2, -0.15) is 0 Å². The van der Waals surface area contributed by atoms with Gasteiger partial charge in [0.05, 0.1) is 13.2 Å². The molecule has 4 heteroatoms. The van der Waals surface area contributed by atoms with E-state index >= 15 is 0 Å².